The fourth-order valence-corrected chi connectivity index (χ4v) is 7.18. The molecule has 0 radical (unpaired) electrons. The number of aromatic nitrogens is 4. The van der Waals surface area contributed by atoms with E-state index in [1.807, 2.05) is 0 Å². The highest BCUT2D eigenvalue weighted by Gasteiger charge is 2.27. The van der Waals surface area contributed by atoms with Crippen LogP contribution in [0.15, 0.2) is 97.5 Å². The lowest BCUT2D eigenvalue weighted by atomic mass is 9.90. The molecule has 0 spiro atoms. The molecule has 45 heavy (non-hydrogen) atoms. The van der Waals surface area contributed by atoms with E-state index in [0.717, 1.165) is 24.5 Å². The van der Waals surface area contributed by atoms with Crippen molar-refractivity contribution in [1.29, 1.82) is 0 Å². The Morgan fingerprint density at radius 3 is 2.13 bits per heavy atom. The van der Waals surface area contributed by atoms with Gasteiger partial charge < -0.3 is 4.57 Å². The molecule has 4 heteroatoms. The van der Waals surface area contributed by atoms with Crippen LogP contribution in [0.5, 0.6) is 0 Å². The van der Waals surface area contributed by atoms with Crippen LogP contribution in [0.2, 0.25) is 0 Å². The predicted octanol–water partition coefficient (Wildman–Crippen LogP) is 9.41. The van der Waals surface area contributed by atoms with Gasteiger partial charge in [0, 0.05) is 23.7 Å². The van der Waals surface area contributed by atoms with Crippen molar-refractivity contribution in [3.8, 4) is 34.0 Å². The minimum Gasteiger partial charge on any atom is -0.302 e. The van der Waals surface area contributed by atoms with E-state index in [-0.39, 0.29) is 0 Å². The summed E-state index contributed by atoms with van der Waals surface area (Å²) in [6.07, 6.45) is 7.50. The maximum absolute atomic E-state index is 5.42. The zero-order chi connectivity index (χ0) is 31.4. The third-order valence-electron chi connectivity index (χ3n) is 9.33. The van der Waals surface area contributed by atoms with Crippen LogP contribution < -0.4 is 4.57 Å². The number of hydrogen-bond acceptors (Lipinski definition) is 1. The molecule has 6 aromatic rings. The number of aryl methyl sites for hydroxylation is 3. The monoisotopic (exact) mass is 591 g/mol. The Hall–Kier alpha value is -4.70. The number of fused-ring (bicyclic) bond motifs is 8. The number of benzene rings is 4. The van der Waals surface area contributed by atoms with Crippen LogP contribution in [0.1, 0.15) is 84.3 Å². The van der Waals surface area contributed by atoms with Crippen molar-refractivity contribution in [3.05, 3.63) is 142 Å². The summed E-state index contributed by atoms with van der Waals surface area (Å²) >= 11 is 0. The molecule has 7 rings (SSSR count). The molecule has 0 N–H and O–H groups in total. The van der Waals surface area contributed by atoms with Crippen LogP contribution >= 0.6 is 0 Å². The highest BCUT2D eigenvalue weighted by molar-refractivity contribution is 5.66. The largest absolute Gasteiger partial charge is 0.302 e. The van der Waals surface area contributed by atoms with Crippen LogP contribution in [0.4, 0.5) is 0 Å². The Balaban J connectivity index is 1.50. The molecule has 2 aromatic heterocycles. The van der Waals surface area contributed by atoms with Gasteiger partial charge in [0.05, 0.1) is 16.9 Å². The number of nitrogens with zero attached hydrogens (tertiary/aromatic N) is 4. The Labute approximate surface area is 267 Å². The van der Waals surface area contributed by atoms with Crippen molar-refractivity contribution in [2.24, 2.45) is 0 Å². The van der Waals surface area contributed by atoms with Gasteiger partial charge in [0.15, 0.2) is 0 Å². The van der Waals surface area contributed by atoms with Gasteiger partial charge in [-0.3, -0.25) is 0 Å². The maximum Gasteiger partial charge on any atom is 0.294 e. The minimum atomic E-state index is 0.389. The third-order valence-corrected chi connectivity index (χ3v) is 9.33. The molecule has 4 bridgehead atoms. The third kappa shape index (κ3) is 5.12. The van der Waals surface area contributed by atoms with Gasteiger partial charge in [0.25, 0.3) is 5.82 Å². The summed E-state index contributed by atoms with van der Waals surface area (Å²) in [4.78, 5) is 5.42. The molecule has 1 aliphatic heterocycles. The standard InChI is InChI=1S/C41H43N4/c1-26(2)35-20-28(5)21-36(27(3)4)40(35)45-25-37-34-17-9-8-15-33(34)24-43-18-19-44(39-29(6)12-10-13-30(39)7)41(43)32-16-11-14-31(22-32)23-38(45)42-37/h8-22,25-27H,23-24H2,1-7H3/q+1. The lowest BCUT2D eigenvalue weighted by molar-refractivity contribution is -0.676. The summed E-state index contributed by atoms with van der Waals surface area (Å²) in [7, 11) is 0. The summed E-state index contributed by atoms with van der Waals surface area (Å²) in [5.74, 6) is 3.04. The quantitative estimate of drug-likeness (QED) is 0.187. The topological polar surface area (TPSA) is 26.6 Å². The van der Waals surface area contributed by atoms with Crippen molar-refractivity contribution in [1.82, 2.24) is 14.1 Å². The SMILES string of the molecule is Cc1cc(C(C)C)c(-n2cc3nc2Cc2cccc(c2)-c2n(-c4c(C)cccc4C)cc[n+]2Cc2ccccc2-3)c(C(C)C)c1. The molecule has 0 aliphatic carbocycles. The molecule has 4 nitrogen and oxygen atoms in total. The van der Waals surface area contributed by atoms with Crippen LogP contribution in [0.3, 0.4) is 0 Å². The smallest absolute Gasteiger partial charge is 0.294 e. The Morgan fingerprint density at radius 2 is 1.42 bits per heavy atom. The fraction of sp³-hybridized carbons (Fsp3) is 0.268. The van der Waals surface area contributed by atoms with E-state index in [4.69, 9.17) is 4.98 Å². The van der Waals surface area contributed by atoms with Gasteiger partial charge in [-0.2, -0.15) is 4.57 Å². The summed E-state index contributed by atoms with van der Waals surface area (Å²) in [6, 6.07) is 29.2. The van der Waals surface area contributed by atoms with Crippen LogP contribution in [0.25, 0.3) is 34.0 Å². The summed E-state index contributed by atoms with van der Waals surface area (Å²) < 4.78 is 7.20. The van der Waals surface area contributed by atoms with E-state index in [1.54, 1.807) is 0 Å². The first-order valence-corrected chi connectivity index (χ1v) is 16.3. The first kappa shape index (κ1) is 29.0. The molecule has 226 valence electrons. The molecule has 0 saturated carbocycles. The molecule has 0 saturated heterocycles. The average Bonchev–Trinajstić information content (AvgIpc) is 3.61. The molecular weight excluding hydrogens is 548 g/mol. The molecular formula is C41H43N4+. The number of hydrogen-bond donors (Lipinski definition) is 0. The van der Waals surface area contributed by atoms with Crippen LogP contribution in [0, 0.1) is 20.8 Å². The zero-order valence-corrected chi connectivity index (χ0v) is 27.6. The van der Waals surface area contributed by atoms with Crippen molar-refractivity contribution < 1.29 is 4.57 Å². The Morgan fingerprint density at radius 1 is 0.733 bits per heavy atom. The van der Waals surface area contributed by atoms with E-state index in [1.165, 1.54) is 67.3 Å². The van der Waals surface area contributed by atoms with Crippen molar-refractivity contribution in [2.75, 3.05) is 0 Å². The van der Waals surface area contributed by atoms with E-state index < -0.39 is 0 Å². The number of rotatable bonds is 4. The second-order valence-electron chi connectivity index (χ2n) is 13.4. The predicted molar refractivity (Wildman–Crippen MR) is 185 cm³/mol. The molecule has 0 amide bonds. The van der Waals surface area contributed by atoms with E-state index in [2.05, 4.69) is 160 Å². The summed E-state index contributed by atoms with van der Waals surface area (Å²) in [5, 5.41) is 0. The van der Waals surface area contributed by atoms with E-state index in [9.17, 15) is 0 Å². The first-order chi connectivity index (χ1) is 21.7. The molecule has 0 atom stereocenters. The van der Waals surface area contributed by atoms with Gasteiger partial charge >= 0.3 is 0 Å². The molecule has 4 aromatic carbocycles. The minimum absolute atomic E-state index is 0.389. The average molecular weight is 592 g/mol. The van der Waals surface area contributed by atoms with Crippen LogP contribution in [-0.4, -0.2) is 14.1 Å². The van der Waals surface area contributed by atoms with Crippen molar-refractivity contribution in [3.63, 3.8) is 0 Å². The van der Waals surface area contributed by atoms with Crippen molar-refractivity contribution in [2.45, 2.75) is 73.3 Å². The van der Waals surface area contributed by atoms with Gasteiger partial charge in [-0.1, -0.05) is 100.0 Å². The van der Waals surface area contributed by atoms with Gasteiger partial charge in [0.2, 0.25) is 0 Å². The highest BCUT2D eigenvalue weighted by Crippen LogP contribution is 2.36. The van der Waals surface area contributed by atoms with Gasteiger partial charge in [-0.15, -0.1) is 0 Å². The second kappa shape index (κ2) is 11.3. The molecule has 0 unspecified atom stereocenters. The van der Waals surface area contributed by atoms with Crippen LogP contribution in [-0.2, 0) is 13.0 Å². The van der Waals surface area contributed by atoms with Crippen molar-refractivity contribution >= 4 is 0 Å². The van der Waals surface area contributed by atoms with Gasteiger partial charge in [-0.25, -0.2) is 9.55 Å². The first-order valence-electron chi connectivity index (χ1n) is 16.3. The number of imidazole rings is 2. The zero-order valence-electron chi connectivity index (χ0n) is 27.6. The molecule has 0 fully saturated rings. The highest BCUT2D eigenvalue weighted by atomic mass is 15.2. The normalized spacial score (nSPS) is 12.6. The van der Waals surface area contributed by atoms with E-state index >= 15 is 0 Å². The molecule has 3 heterocycles. The lowest BCUT2D eigenvalue weighted by Gasteiger charge is -2.23. The van der Waals surface area contributed by atoms with E-state index in [0.29, 0.717) is 11.8 Å². The lowest BCUT2D eigenvalue weighted by Crippen LogP contribution is -2.35. The second-order valence-corrected chi connectivity index (χ2v) is 13.4. The summed E-state index contributed by atoms with van der Waals surface area (Å²) in [6.45, 7) is 16.6. The summed E-state index contributed by atoms with van der Waals surface area (Å²) in [5.41, 5.74) is 15.1. The molecule has 1 aliphatic rings. The fourth-order valence-electron chi connectivity index (χ4n) is 7.18. The maximum atomic E-state index is 5.42. The Bertz CT molecular complexity index is 2000. The Kier molecular flexibility index (Phi) is 7.32. The van der Waals surface area contributed by atoms with Gasteiger partial charge in [0.1, 0.15) is 30.5 Å². The number of para-hydroxylation sites is 1. The van der Waals surface area contributed by atoms with Gasteiger partial charge in [-0.05, 0) is 72.6 Å².